The van der Waals surface area contributed by atoms with Gasteiger partial charge in [0.15, 0.2) is 0 Å². The fourth-order valence-electron chi connectivity index (χ4n) is 2.13. The van der Waals surface area contributed by atoms with Gasteiger partial charge in [-0.2, -0.15) is 0 Å². The first-order valence-electron chi connectivity index (χ1n) is 6.39. The summed E-state index contributed by atoms with van der Waals surface area (Å²) in [4.78, 5) is 0. The van der Waals surface area contributed by atoms with E-state index in [0.29, 0.717) is 0 Å². The highest BCUT2D eigenvalue weighted by Crippen LogP contribution is 2.41. The highest BCUT2D eigenvalue weighted by atomic mass is 14.9. The second-order valence-electron chi connectivity index (χ2n) is 5.90. The van der Waals surface area contributed by atoms with E-state index in [2.05, 4.69) is 50.4 Å². The predicted molar refractivity (Wildman–Crippen MR) is 69.9 cm³/mol. The van der Waals surface area contributed by atoms with Crippen LogP contribution in [0, 0.1) is 0 Å². The van der Waals surface area contributed by atoms with Crippen molar-refractivity contribution in [2.75, 3.05) is 6.54 Å². The molecular weight excluding hydrogens is 194 g/mol. The zero-order valence-electron chi connectivity index (χ0n) is 10.7. The molecule has 0 atom stereocenters. The molecule has 0 saturated heterocycles. The van der Waals surface area contributed by atoms with E-state index >= 15 is 0 Å². The molecule has 0 bridgehead atoms. The second-order valence-corrected chi connectivity index (χ2v) is 5.90. The van der Waals surface area contributed by atoms with Crippen LogP contribution in [-0.2, 0) is 6.42 Å². The molecule has 0 heterocycles. The summed E-state index contributed by atoms with van der Waals surface area (Å²) in [6.07, 6.45) is 3.94. The van der Waals surface area contributed by atoms with Crippen molar-refractivity contribution in [3.05, 3.63) is 35.4 Å². The van der Waals surface area contributed by atoms with Gasteiger partial charge in [-0.05, 0) is 63.6 Å². The highest BCUT2D eigenvalue weighted by Gasteiger charge is 2.25. The van der Waals surface area contributed by atoms with Crippen LogP contribution in [0.4, 0.5) is 0 Å². The van der Waals surface area contributed by atoms with E-state index in [1.165, 1.54) is 12.8 Å². The molecule has 16 heavy (non-hydrogen) atoms. The van der Waals surface area contributed by atoms with Crippen molar-refractivity contribution >= 4 is 0 Å². The second kappa shape index (κ2) is 4.58. The number of hydrogen-bond donors (Lipinski definition) is 1. The minimum absolute atomic E-state index is 0.231. The maximum Gasteiger partial charge on any atom is 0.00966 e. The standard InChI is InChI=1S/C15H23N/c1-15(2,3)16-11-10-12-6-4-5-7-14(12)13-8-9-13/h4-7,13,16H,8-11H2,1-3H3. The molecule has 1 aromatic carbocycles. The summed E-state index contributed by atoms with van der Waals surface area (Å²) in [7, 11) is 0. The number of rotatable bonds is 4. The van der Waals surface area contributed by atoms with Crippen molar-refractivity contribution in [3.8, 4) is 0 Å². The van der Waals surface area contributed by atoms with Crippen molar-refractivity contribution in [1.29, 1.82) is 0 Å². The maximum absolute atomic E-state index is 3.56. The Labute approximate surface area is 99.3 Å². The Morgan fingerprint density at radius 3 is 2.50 bits per heavy atom. The van der Waals surface area contributed by atoms with Crippen LogP contribution < -0.4 is 5.32 Å². The number of benzene rings is 1. The van der Waals surface area contributed by atoms with Crippen molar-refractivity contribution in [2.24, 2.45) is 0 Å². The third-order valence-electron chi connectivity index (χ3n) is 3.12. The fraction of sp³-hybridized carbons (Fsp3) is 0.600. The molecule has 1 N–H and O–H groups in total. The van der Waals surface area contributed by atoms with Crippen molar-refractivity contribution < 1.29 is 0 Å². The zero-order valence-corrected chi connectivity index (χ0v) is 10.7. The first kappa shape index (κ1) is 11.7. The van der Waals surface area contributed by atoms with Gasteiger partial charge in [0.2, 0.25) is 0 Å². The third kappa shape index (κ3) is 3.34. The van der Waals surface area contributed by atoms with Crippen LogP contribution in [0.5, 0.6) is 0 Å². The molecular formula is C15H23N. The molecule has 0 spiro atoms. The molecule has 2 rings (SSSR count). The molecule has 1 saturated carbocycles. The van der Waals surface area contributed by atoms with Gasteiger partial charge in [0, 0.05) is 5.54 Å². The van der Waals surface area contributed by atoms with Gasteiger partial charge in [-0.25, -0.2) is 0 Å². The summed E-state index contributed by atoms with van der Waals surface area (Å²) < 4.78 is 0. The fourth-order valence-corrected chi connectivity index (χ4v) is 2.13. The largest absolute Gasteiger partial charge is 0.312 e. The van der Waals surface area contributed by atoms with Gasteiger partial charge in [-0.3, -0.25) is 0 Å². The predicted octanol–water partition coefficient (Wildman–Crippen LogP) is 3.49. The molecule has 0 aromatic heterocycles. The Kier molecular flexibility index (Phi) is 3.34. The summed E-state index contributed by atoms with van der Waals surface area (Å²) in [5.74, 6) is 0.867. The smallest absolute Gasteiger partial charge is 0.00966 e. The Bertz CT molecular complexity index is 345. The van der Waals surface area contributed by atoms with Gasteiger partial charge in [0.25, 0.3) is 0 Å². The Balaban J connectivity index is 1.93. The molecule has 88 valence electrons. The first-order chi connectivity index (χ1) is 7.56. The SMILES string of the molecule is CC(C)(C)NCCc1ccccc1C1CC1. The Morgan fingerprint density at radius 1 is 1.19 bits per heavy atom. The normalized spacial score (nSPS) is 16.4. The molecule has 0 amide bonds. The summed E-state index contributed by atoms with van der Waals surface area (Å²) in [6.45, 7) is 7.74. The van der Waals surface area contributed by atoms with Gasteiger partial charge in [0.1, 0.15) is 0 Å². The van der Waals surface area contributed by atoms with Gasteiger partial charge >= 0.3 is 0 Å². The lowest BCUT2D eigenvalue weighted by Gasteiger charge is -2.21. The monoisotopic (exact) mass is 217 g/mol. The van der Waals surface area contributed by atoms with Crippen molar-refractivity contribution in [2.45, 2.75) is 51.5 Å². The molecule has 1 heteroatoms. The molecule has 1 fully saturated rings. The average Bonchev–Trinajstić information content (AvgIpc) is 3.00. The molecule has 0 radical (unpaired) electrons. The lowest BCUT2D eigenvalue weighted by molar-refractivity contribution is 0.429. The first-order valence-corrected chi connectivity index (χ1v) is 6.39. The zero-order chi connectivity index (χ0) is 11.6. The van der Waals surface area contributed by atoms with Crippen LogP contribution in [0.25, 0.3) is 0 Å². The van der Waals surface area contributed by atoms with Crippen LogP contribution in [-0.4, -0.2) is 12.1 Å². The number of hydrogen-bond acceptors (Lipinski definition) is 1. The molecule has 1 aromatic rings. The van der Waals surface area contributed by atoms with Crippen LogP contribution in [0.2, 0.25) is 0 Å². The highest BCUT2D eigenvalue weighted by molar-refractivity contribution is 5.33. The summed E-state index contributed by atoms with van der Waals surface area (Å²) in [6, 6.07) is 8.94. The molecule has 1 aliphatic rings. The van der Waals surface area contributed by atoms with Crippen LogP contribution in [0.3, 0.4) is 0 Å². The van der Waals surface area contributed by atoms with Crippen LogP contribution in [0.1, 0.15) is 50.7 Å². The van der Waals surface area contributed by atoms with Crippen LogP contribution in [0.15, 0.2) is 24.3 Å². The van der Waals surface area contributed by atoms with E-state index in [4.69, 9.17) is 0 Å². The van der Waals surface area contributed by atoms with E-state index < -0.39 is 0 Å². The van der Waals surface area contributed by atoms with Gasteiger partial charge in [0.05, 0.1) is 0 Å². The third-order valence-corrected chi connectivity index (χ3v) is 3.12. The van der Waals surface area contributed by atoms with Crippen molar-refractivity contribution in [3.63, 3.8) is 0 Å². The Morgan fingerprint density at radius 2 is 1.88 bits per heavy atom. The topological polar surface area (TPSA) is 12.0 Å². The Hall–Kier alpha value is -0.820. The van der Waals surface area contributed by atoms with Gasteiger partial charge in [-0.15, -0.1) is 0 Å². The number of nitrogens with one attached hydrogen (secondary N) is 1. The summed E-state index contributed by atoms with van der Waals surface area (Å²) in [5, 5.41) is 3.56. The van der Waals surface area contributed by atoms with E-state index in [-0.39, 0.29) is 5.54 Å². The van der Waals surface area contributed by atoms with E-state index in [1.807, 2.05) is 0 Å². The minimum Gasteiger partial charge on any atom is -0.312 e. The molecule has 0 unspecified atom stereocenters. The van der Waals surface area contributed by atoms with Gasteiger partial charge in [-0.1, -0.05) is 24.3 Å². The van der Waals surface area contributed by atoms with Crippen molar-refractivity contribution in [1.82, 2.24) is 5.32 Å². The maximum atomic E-state index is 3.56. The molecule has 1 aliphatic carbocycles. The molecule has 1 nitrogen and oxygen atoms in total. The lowest BCUT2D eigenvalue weighted by Crippen LogP contribution is -2.37. The minimum atomic E-state index is 0.231. The van der Waals surface area contributed by atoms with Gasteiger partial charge < -0.3 is 5.32 Å². The van der Waals surface area contributed by atoms with Crippen LogP contribution >= 0.6 is 0 Å². The average molecular weight is 217 g/mol. The quantitative estimate of drug-likeness (QED) is 0.814. The summed E-state index contributed by atoms with van der Waals surface area (Å²) in [5.41, 5.74) is 3.37. The van der Waals surface area contributed by atoms with E-state index in [1.54, 1.807) is 11.1 Å². The lowest BCUT2D eigenvalue weighted by atomic mass is 10.00. The van der Waals surface area contributed by atoms with E-state index in [9.17, 15) is 0 Å². The van der Waals surface area contributed by atoms with E-state index in [0.717, 1.165) is 18.9 Å². The summed E-state index contributed by atoms with van der Waals surface area (Å²) >= 11 is 0. The molecule has 0 aliphatic heterocycles.